The molecular weight excluding hydrogens is 348 g/mol. The van der Waals surface area contributed by atoms with Crippen molar-refractivity contribution in [3.05, 3.63) is 27.7 Å². The molecule has 4 heteroatoms. The van der Waals surface area contributed by atoms with E-state index in [9.17, 15) is 0 Å². The summed E-state index contributed by atoms with van der Waals surface area (Å²) in [5, 5.41) is 0. The third-order valence-corrected chi connectivity index (χ3v) is 5.30. The highest BCUT2D eigenvalue weighted by atomic mass is 79.9. The summed E-state index contributed by atoms with van der Waals surface area (Å²) in [6, 6.07) is 4.12. The van der Waals surface area contributed by atoms with Gasteiger partial charge in [0.25, 0.3) is 0 Å². The van der Waals surface area contributed by atoms with Crippen LogP contribution in [0.1, 0.15) is 17.5 Å². The highest BCUT2D eigenvalue weighted by Gasteiger charge is 2.41. The summed E-state index contributed by atoms with van der Waals surface area (Å²) in [7, 11) is 1.73. The third-order valence-electron chi connectivity index (χ3n) is 3.15. The average molecular weight is 364 g/mol. The maximum Gasteiger partial charge on any atom is 0.127 e. The molecule has 1 aromatic rings. The predicted octanol–water partition coefficient (Wildman–Crippen LogP) is 4.00. The van der Waals surface area contributed by atoms with E-state index in [2.05, 4.69) is 57.8 Å². The SMILES string of the molecule is COC1C(Br)CC1Oc1cc(C)c(Br)c(C)c1. The minimum absolute atomic E-state index is 0.152. The highest BCUT2D eigenvalue weighted by molar-refractivity contribution is 9.10. The van der Waals surface area contributed by atoms with Gasteiger partial charge in [-0.1, -0.05) is 31.9 Å². The molecule has 1 aromatic carbocycles. The van der Waals surface area contributed by atoms with Gasteiger partial charge in [-0.15, -0.1) is 0 Å². The second-order valence-electron chi connectivity index (χ2n) is 4.48. The number of methoxy groups -OCH3 is 1. The molecule has 0 amide bonds. The van der Waals surface area contributed by atoms with Crippen molar-refractivity contribution >= 4 is 31.9 Å². The van der Waals surface area contributed by atoms with E-state index in [1.54, 1.807) is 7.11 Å². The van der Waals surface area contributed by atoms with Crippen molar-refractivity contribution in [2.45, 2.75) is 37.3 Å². The zero-order valence-corrected chi connectivity index (χ0v) is 13.3. The van der Waals surface area contributed by atoms with E-state index in [0.29, 0.717) is 4.83 Å². The number of hydrogen-bond acceptors (Lipinski definition) is 2. The van der Waals surface area contributed by atoms with Crippen LogP contribution in [0.5, 0.6) is 5.75 Å². The molecule has 0 saturated heterocycles. The van der Waals surface area contributed by atoms with Gasteiger partial charge in [0.15, 0.2) is 0 Å². The quantitative estimate of drug-likeness (QED) is 0.756. The van der Waals surface area contributed by atoms with E-state index in [0.717, 1.165) is 16.6 Å². The number of hydrogen-bond donors (Lipinski definition) is 0. The van der Waals surface area contributed by atoms with Crippen LogP contribution in [0, 0.1) is 13.8 Å². The van der Waals surface area contributed by atoms with Gasteiger partial charge in [-0.3, -0.25) is 0 Å². The summed E-state index contributed by atoms with van der Waals surface area (Å²) < 4.78 is 12.5. The Morgan fingerprint density at radius 1 is 1.24 bits per heavy atom. The van der Waals surface area contributed by atoms with Crippen LogP contribution in [-0.4, -0.2) is 24.1 Å². The van der Waals surface area contributed by atoms with E-state index in [1.165, 1.54) is 11.1 Å². The Bertz CT molecular complexity index is 397. The summed E-state index contributed by atoms with van der Waals surface area (Å²) in [5.74, 6) is 0.926. The number of benzene rings is 1. The summed E-state index contributed by atoms with van der Waals surface area (Å²) >= 11 is 7.13. The molecule has 1 saturated carbocycles. The molecule has 0 N–H and O–H groups in total. The first-order valence-corrected chi connectivity index (χ1v) is 7.34. The predicted molar refractivity (Wildman–Crippen MR) is 76.2 cm³/mol. The lowest BCUT2D eigenvalue weighted by atomic mass is 9.91. The number of ether oxygens (including phenoxy) is 2. The molecule has 0 heterocycles. The van der Waals surface area contributed by atoms with Gasteiger partial charge in [-0.2, -0.15) is 0 Å². The number of alkyl halides is 1. The normalized spacial score (nSPS) is 27.7. The first kappa shape index (κ1) is 13.4. The minimum Gasteiger partial charge on any atom is -0.488 e. The van der Waals surface area contributed by atoms with Crippen molar-refractivity contribution in [3.63, 3.8) is 0 Å². The maximum atomic E-state index is 5.97. The van der Waals surface area contributed by atoms with E-state index >= 15 is 0 Å². The maximum absolute atomic E-state index is 5.97. The average Bonchev–Trinajstić information content (AvgIpc) is 2.25. The van der Waals surface area contributed by atoms with Crippen LogP contribution in [-0.2, 0) is 4.74 Å². The lowest BCUT2D eigenvalue weighted by Gasteiger charge is -2.40. The zero-order valence-electron chi connectivity index (χ0n) is 10.2. The second-order valence-corrected chi connectivity index (χ2v) is 6.45. The zero-order chi connectivity index (χ0) is 12.6. The van der Waals surface area contributed by atoms with Gasteiger partial charge in [0, 0.05) is 22.8 Å². The third kappa shape index (κ3) is 2.69. The molecule has 2 rings (SSSR count). The Hall–Kier alpha value is -0.0600. The van der Waals surface area contributed by atoms with Gasteiger partial charge < -0.3 is 9.47 Å². The van der Waals surface area contributed by atoms with Crippen LogP contribution in [0.3, 0.4) is 0 Å². The van der Waals surface area contributed by atoms with Gasteiger partial charge in [0.05, 0.1) is 0 Å². The molecule has 2 nitrogen and oxygen atoms in total. The first-order valence-electron chi connectivity index (χ1n) is 5.63. The van der Waals surface area contributed by atoms with Crippen molar-refractivity contribution in [2.24, 2.45) is 0 Å². The summed E-state index contributed by atoms with van der Waals surface area (Å²) in [6.07, 6.45) is 1.30. The smallest absolute Gasteiger partial charge is 0.127 e. The molecule has 0 aromatic heterocycles. The molecule has 0 spiro atoms. The van der Waals surface area contributed by atoms with Crippen molar-refractivity contribution < 1.29 is 9.47 Å². The van der Waals surface area contributed by atoms with E-state index in [4.69, 9.17) is 9.47 Å². The topological polar surface area (TPSA) is 18.5 Å². The lowest BCUT2D eigenvalue weighted by molar-refractivity contribution is -0.0545. The standard InChI is InChI=1S/C13H16Br2O2/c1-7-4-9(5-8(2)12(7)15)17-11-6-10(14)13(11)16-3/h4-5,10-11,13H,6H2,1-3H3. The largest absolute Gasteiger partial charge is 0.488 e. The van der Waals surface area contributed by atoms with E-state index < -0.39 is 0 Å². The van der Waals surface area contributed by atoms with Crippen LogP contribution in [0.4, 0.5) is 0 Å². The van der Waals surface area contributed by atoms with Crippen molar-refractivity contribution in [1.82, 2.24) is 0 Å². The fourth-order valence-corrected chi connectivity index (χ4v) is 3.24. The Morgan fingerprint density at radius 3 is 2.29 bits per heavy atom. The van der Waals surface area contributed by atoms with Crippen molar-refractivity contribution in [2.75, 3.05) is 7.11 Å². The number of rotatable bonds is 3. The number of halogens is 2. The van der Waals surface area contributed by atoms with Crippen LogP contribution in [0.15, 0.2) is 16.6 Å². The van der Waals surface area contributed by atoms with Crippen LogP contribution < -0.4 is 4.74 Å². The molecule has 0 bridgehead atoms. The molecule has 17 heavy (non-hydrogen) atoms. The van der Waals surface area contributed by atoms with Crippen LogP contribution in [0.2, 0.25) is 0 Å². The van der Waals surface area contributed by atoms with Crippen molar-refractivity contribution in [3.8, 4) is 5.75 Å². The summed E-state index contributed by atoms with van der Waals surface area (Å²) in [5.41, 5.74) is 2.40. The Morgan fingerprint density at radius 2 is 1.82 bits per heavy atom. The van der Waals surface area contributed by atoms with E-state index in [-0.39, 0.29) is 12.2 Å². The van der Waals surface area contributed by atoms with Gasteiger partial charge in [-0.05, 0) is 37.1 Å². The molecular formula is C13H16Br2O2. The van der Waals surface area contributed by atoms with Gasteiger partial charge in [-0.25, -0.2) is 0 Å². The molecule has 1 aliphatic carbocycles. The monoisotopic (exact) mass is 362 g/mol. The minimum atomic E-state index is 0.152. The molecule has 1 aliphatic rings. The molecule has 3 atom stereocenters. The number of aryl methyl sites for hydroxylation is 2. The molecule has 1 fully saturated rings. The van der Waals surface area contributed by atoms with Gasteiger partial charge in [0.2, 0.25) is 0 Å². The second kappa shape index (κ2) is 5.29. The molecule has 0 aliphatic heterocycles. The van der Waals surface area contributed by atoms with Gasteiger partial charge >= 0.3 is 0 Å². The molecule has 3 unspecified atom stereocenters. The first-order chi connectivity index (χ1) is 8.02. The Kier molecular flexibility index (Phi) is 4.16. The fraction of sp³-hybridized carbons (Fsp3) is 0.538. The summed E-state index contributed by atoms with van der Waals surface area (Å²) in [6.45, 7) is 4.15. The van der Waals surface area contributed by atoms with E-state index in [1.807, 2.05) is 0 Å². The van der Waals surface area contributed by atoms with Crippen LogP contribution >= 0.6 is 31.9 Å². The van der Waals surface area contributed by atoms with Gasteiger partial charge in [0.1, 0.15) is 18.0 Å². The Balaban J connectivity index is 2.10. The fourth-order valence-electron chi connectivity index (χ4n) is 2.09. The van der Waals surface area contributed by atoms with Crippen molar-refractivity contribution in [1.29, 1.82) is 0 Å². The lowest BCUT2D eigenvalue weighted by Crippen LogP contribution is -2.51. The molecule has 0 radical (unpaired) electrons. The summed E-state index contributed by atoms with van der Waals surface area (Å²) in [4.78, 5) is 0.412. The Labute approximate surface area is 119 Å². The molecule has 94 valence electrons. The highest BCUT2D eigenvalue weighted by Crippen LogP contribution is 2.35. The van der Waals surface area contributed by atoms with Crippen LogP contribution in [0.25, 0.3) is 0 Å².